The summed E-state index contributed by atoms with van der Waals surface area (Å²) >= 11 is 0. The molecule has 0 aliphatic rings. The molecule has 0 bridgehead atoms. The van der Waals surface area contributed by atoms with Crippen LogP contribution >= 0.6 is 0 Å². The summed E-state index contributed by atoms with van der Waals surface area (Å²) in [6.45, 7) is 0. The maximum atomic E-state index is 11.0. The van der Waals surface area contributed by atoms with E-state index in [4.69, 9.17) is 5.84 Å². The zero-order chi connectivity index (χ0) is 11.4. The highest BCUT2D eigenvalue weighted by Crippen LogP contribution is 2.19. The molecule has 80 valence electrons. The van der Waals surface area contributed by atoms with Crippen LogP contribution in [0.25, 0.3) is 16.8 Å². The molecule has 0 spiro atoms. The van der Waals surface area contributed by atoms with Crippen molar-refractivity contribution in [2.75, 3.05) is 0 Å². The van der Waals surface area contributed by atoms with Crippen LogP contribution in [-0.4, -0.2) is 5.91 Å². The van der Waals surface area contributed by atoms with Gasteiger partial charge in [0.05, 0.1) is 0 Å². The van der Waals surface area contributed by atoms with Gasteiger partial charge in [0.1, 0.15) is 0 Å². The smallest absolute Gasteiger partial charge is 0.257 e. The fraction of sp³-hybridized carbons (Fsp3) is 0. The van der Waals surface area contributed by atoms with Crippen molar-refractivity contribution in [1.29, 1.82) is 0 Å². The van der Waals surface area contributed by atoms with Gasteiger partial charge < -0.3 is 0 Å². The summed E-state index contributed by atoms with van der Waals surface area (Å²) in [5.41, 5.74) is 3.06. The molecule has 3 heteroatoms. The standard InChI is InChI=1S/C13H12N2O/c14-15-13(16)9-8-11-6-3-5-10-4-1-2-7-12(10)11/h1-9H,14H2,(H,15,16). The van der Waals surface area contributed by atoms with Crippen LogP contribution in [-0.2, 0) is 4.79 Å². The van der Waals surface area contributed by atoms with E-state index < -0.39 is 0 Å². The van der Waals surface area contributed by atoms with Gasteiger partial charge in [0.15, 0.2) is 0 Å². The molecule has 0 fully saturated rings. The maximum Gasteiger partial charge on any atom is 0.257 e. The van der Waals surface area contributed by atoms with E-state index in [2.05, 4.69) is 5.43 Å². The predicted molar refractivity (Wildman–Crippen MR) is 65.3 cm³/mol. The first-order valence-corrected chi connectivity index (χ1v) is 4.97. The lowest BCUT2D eigenvalue weighted by atomic mass is 10.0. The highest BCUT2D eigenvalue weighted by molar-refractivity contribution is 5.96. The Morgan fingerprint density at radius 2 is 1.88 bits per heavy atom. The van der Waals surface area contributed by atoms with Crippen molar-refractivity contribution in [2.24, 2.45) is 5.84 Å². The Morgan fingerprint density at radius 1 is 1.12 bits per heavy atom. The summed E-state index contributed by atoms with van der Waals surface area (Å²) in [4.78, 5) is 11.0. The lowest BCUT2D eigenvalue weighted by Crippen LogP contribution is -2.27. The highest BCUT2D eigenvalue weighted by atomic mass is 16.2. The third-order valence-electron chi connectivity index (χ3n) is 2.38. The molecule has 3 nitrogen and oxygen atoms in total. The molecular formula is C13H12N2O. The van der Waals surface area contributed by atoms with E-state index in [0.29, 0.717) is 0 Å². The quantitative estimate of drug-likeness (QED) is 0.345. The Hall–Kier alpha value is -2.13. The van der Waals surface area contributed by atoms with Crippen molar-refractivity contribution in [3.05, 3.63) is 54.1 Å². The third-order valence-corrected chi connectivity index (χ3v) is 2.38. The fourth-order valence-electron chi connectivity index (χ4n) is 1.61. The van der Waals surface area contributed by atoms with Crippen molar-refractivity contribution in [3.8, 4) is 0 Å². The van der Waals surface area contributed by atoms with Gasteiger partial charge in [-0.2, -0.15) is 0 Å². The minimum Gasteiger partial charge on any atom is -0.291 e. The monoisotopic (exact) mass is 212 g/mol. The first kappa shape index (κ1) is 10.4. The summed E-state index contributed by atoms with van der Waals surface area (Å²) in [5, 5.41) is 2.27. The molecule has 0 aliphatic heterocycles. The zero-order valence-electron chi connectivity index (χ0n) is 8.68. The number of nitrogens with two attached hydrogens (primary N) is 1. The Morgan fingerprint density at radius 3 is 2.69 bits per heavy atom. The lowest BCUT2D eigenvalue weighted by molar-refractivity contribution is -0.116. The maximum absolute atomic E-state index is 11.0. The Bertz CT molecular complexity index is 541. The predicted octanol–water partition coefficient (Wildman–Crippen LogP) is 1.84. The Kier molecular flexibility index (Phi) is 2.98. The van der Waals surface area contributed by atoms with Gasteiger partial charge >= 0.3 is 0 Å². The summed E-state index contributed by atoms with van der Waals surface area (Å²) in [6, 6.07) is 14.0. The van der Waals surface area contributed by atoms with Gasteiger partial charge in [-0.3, -0.25) is 10.2 Å². The number of nitrogens with one attached hydrogen (secondary N) is 1. The largest absolute Gasteiger partial charge is 0.291 e. The second-order valence-corrected chi connectivity index (χ2v) is 3.41. The first-order chi connectivity index (χ1) is 7.81. The minimum absolute atomic E-state index is 0.312. The number of hydrogen-bond acceptors (Lipinski definition) is 2. The molecule has 16 heavy (non-hydrogen) atoms. The molecule has 0 aliphatic carbocycles. The van der Waals surface area contributed by atoms with Gasteiger partial charge in [-0.1, -0.05) is 42.5 Å². The van der Waals surface area contributed by atoms with Crippen molar-refractivity contribution < 1.29 is 4.79 Å². The van der Waals surface area contributed by atoms with Crippen LogP contribution in [0.2, 0.25) is 0 Å². The van der Waals surface area contributed by atoms with E-state index in [0.717, 1.165) is 16.3 Å². The lowest BCUT2D eigenvalue weighted by Gasteiger charge is -2.01. The molecule has 1 amide bonds. The summed E-state index contributed by atoms with van der Waals surface area (Å²) in [6.07, 6.45) is 3.17. The SMILES string of the molecule is NNC(=O)C=Cc1cccc2ccccc12. The van der Waals surface area contributed by atoms with Gasteiger partial charge in [-0.15, -0.1) is 0 Å². The minimum atomic E-state index is -0.312. The number of carbonyl (C=O) groups excluding carboxylic acids is 1. The van der Waals surface area contributed by atoms with Crippen molar-refractivity contribution in [1.82, 2.24) is 5.43 Å². The van der Waals surface area contributed by atoms with Crippen LogP contribution in [0.15, 0.2) is 48.5 Å². The topological polar surface area (TPSA) is 55.1 Å². The molecule has 3 N–H and O–H groups in total. The molecule has 0 atom stereocenters. The number of amides is 1. The number of benzene rings is 2. The Labute approximate surface area is 93.5 Å². The second kappa shape index (κ2) is 4.59. The zero-order valence-corrected chi connectivity index (χ0v) is 8.68. The number of rotatable bonds is 2. The van der Waals surface area contributed by atoms with Gasteiger partial charge in [0.2, 0.25) is 0 Å². The molecule has 0 heterocycles. The number of hydrogen-bond donors (Lipinski definition) is 2. The van der Waals surface area contributed by atoms with E-state index in [1.165, 1.54) is 6.08 Å². The molecule has 0 saturated heterocycles. The molecule has 2 aromatic rings. The highest BCUT2D eigenvalue weighted by Gasteiger charge is 1.97. The summed E-state index contributed by atoms with van der Waals surface area (Å²) in [7, 11) is 0. The van der Waals surface area contributed by atoms with Gasteiger partial charge in [-0.05, 0) is 22.4 Å². The molecule has 0 aromatic heterocycles. The molecule has 2 aromatic carbocycles. The van der Waals surface area contributed by atoms with Crippen LogP contribution < -0.4 is 11.3 Å². The number of fused-ring (bicyclic) bond motifs is 1. The molecule has 0 radical (unpaired) electrons. The van der Waals surface area contributed by atoms with E-state index in [9.17, 15) is 4.79 Å². The van der Waals surface area contributed by atoms with Crippen LogP contribution in [0.4, 0.5) is 0 Å². The van der Waals surface area contributed by atoms with Crippen molar-refractivity contribution >= 4 is 22.8 Å². The van der Waals surface area contributed by atoms with Gasteiger partial charge in [0, 0.05) is 6.08 Å². The van der Waals surface area contributed by atoms with Crippen LogP contribution in [0.1, 0.15) is 5.56 Å². The van der Waals surface area contributed by atoms with E-state index in [1.807, 2.05) is 42.5 Å². The Balaban J connectivity index is 2.45. The number of carbonyl (C=O) groups is 1. The van der Waals surface area contributed by atoms with Crippen molar-refractivity contribution in [3.63, 3.8) is 0 Å². The number of hydrazine groups is 1. The van der Waals surface area contributed by atoms with Gasteiger partial charge in [-0.25, -0.2) is 5.84 Å². The normalized spacial score (nSPS) is 10.8. The summed E-state index contributed by atoms with van der Waals surface area (Å²) in [5.74, 6) is 4.69. The van der Waals surface area contributed by atoms with Gasteiger partial charge in [0.25, 0.3) is 5.91 Å². The second-order valence-electron chi connectivity index (χ2n) is 3.41. The molecular weight excluding hydrogens is 200 g/mol. The van der Waals surface area contributed by atoms with Crippen LogP contribution in [0, 0.1) is 0 Å². The van der Waals surface area contributed by atoms with Crippen molar-refractivity contribution in [2.45, 2.75) is 0 Å². The molecule has 0 unspecified atom stereocenters. The van der Waals surface area contributed by atoms with E-state index in [1.54, 1.807) is 6.08 Å². The fourth-order valence-corrected chi connectivity index (χ4v) is 1.61. The van der Waals surface area contributed by atoms with Crippen LogP contribution in [0.5, 0.6) is 0 Å². The molecule has 2 rings (SSSR count). The summed E-state index contributed by atoms with van der Waals surface area (Å²) < 4.78 is 0. The van der Waals surface area contributed by atoms with Crippen LogP contribution in [0.3, 0.4) is 0 Å². The third kappa shape index (κ3) is 2.10. The van der Waals surface area contributed by atoms with E-state index in [-0.39, 0.29) is 5.91 Å². The first-order valence-electron chi connectivity index (χ1n) is 4.97. The van der Waals surface area contributed by atoms with E-state index >= 15 is 0 Å². The average Bonchev–Trinajstić information content (AvgIpc) is 2.35. The molecule has 0 saturated carbocycles. The average molecular weight is 212 g/mol.